The number of benzene rings is 1. The van der Waals surface area contributed by atoms with E-state index in [9.17, 15) is 5.11 Å². The number of hydrogen-bond donors (Lipinski definition) is 1. The molecule has 3 rings (SSSR count). The van der Waals surface area contributed by atoms with E-state index in [2.05, 4.69) is 15.1 Å². The second kappa shape index (κ2) is 9.22. The summed E-state index contributed by atoms with van der Waals surface area (Å²) in [6.45, 7) is 4.47. The molecule has 28 heavy (non-hydrogen) atoms. The number of nitrogens with zero attached hydrogens (tertiary/aromatic N) is 4. The SMILES string of the molecule is COc1ccc(COCC(O)CSc2nc3nc(C)cc(C)n3n2)cc1OC. The Morgan fingerprint density at radius 3 is 2.64 bits per heavy atom. The molecule has 0 amide bonds. The number of aryl methyl sites for hydroxylation is 2. The van der Waals surface area contributed by atoms with E-state index in [0.717, 1.165) is 17.0 Å². The molecule has 0 aliphatic rings. The Hall–Kier alpha value is -2.36. The predicted molar refractivity (Wildman–Crippen MR) is 106 cm³/mol. The van der Waals surface area contributed by atoms with Crippen molar-refractivity contribution in [3.8, 4) is 11.5 Å². The number of rotatable bonds is 9. The molecule has 0 radical (unpaired) electrons. The van der Waals surface area contributed by atoms with Gasteiger partial charge in [0.2, 0.25) is 5.16 Å². The highest BCUT2D eigenvalue weighted by molar-refractivity contribution is 7.99. The maximum absolute atomic E-state index is 10.2. The van der Waals surface area contributed by atoms with Crippen LogP contribution < -0.4 is 9.47 Å². The highest BCUT2D eigenvalue weighted by Gasteiger charge is 2.12. The lowest BCUT2D eigenvalue weighted by molar-refractivity contribution is 0.0397. The lowest BCUT2D eigenvalue weighted by Crippen LogP contribution is -2.18. The highest BCUT2D eigenvalue weighted by Crippen LogP contribution is 2.27. The quantitative estimate of drug-likeness (QED) is 0.544. The van der Waals surface area contributed by atoms with Gasteiger partial charge in [-0.1, -0.05) is 17.8 Å². The van der Waals surface area contributed by atoms with Crippen molar-refractivity contribution in [1.82, 2.24) is 19.6 Å². The second-order valence-electron chi connectivity index (χ2n) is 6.31. The van der Waals surface area contributed by atoms with E-state index in [4.69, 9.17) is 14.2 Å². The molecule has 150 valence electrons. The Morgan fingerprint density at radius 1 is 1.11 bits per heavy atom. The van der Waals surface area contributed by atoms with E-state index in [1.807, 2.05) is 38.1 Å². The molecule has 0 saturated heterocycles. The predicted octanol–water partition coefficient (Wildman–Crippen LogP) is 2.43. The zero-order valence-corrected chi connectivity index (χ0v) is 17.2. The summed E-state index contributed by atoms with van der Waals surface area (Å²) in [6.07, 6.45) is -0.632. The van der Waals surface area contributed by atoms with Gasteiger partial charge in [-0.2, -0.15) is 4.98 Å². The summed E-state index contributed by atoms with van der Waals surface area (Å²) in [7, 11) is 3.19. The van der Waals surface area contributed by atoms with E-state index in [1.54, 1.807) is 18.7 Å². The van der Waals surface area contributed by atoms with Crippen LogP contribution in [0.15, 0.2) is 29.4 Å². The summed E-state index contributed by atoms with van der Waals surface area (Å²) in [5, 5.41) is 15.2. The minimum Gasteiger partial charge on any atom is -0.493 e. The first kappa shape index (κ1) is 20.4. The van der Waals surface area contributed by atoms with Crippen LogP contribution in [0.4, 0.5) is 0 Å². The fourth-order valence-electron chi connectivity index (χ4n) is 2.71. The summed E-state index contributed by atoms with van der Waals surface area (Å²) in [5.41, 5.74) is 2.81. The molecule has 1 aromatic carbocycles. The number of ether oxygens (including phenoxy) is 3. The minimum absolute atomic E-state index is 0.213. The zero-order valence-electron chi connectivity index (χ0n) is 16.4. The number of aromatic nitrogens is 4. The number of thioether (sulfide) groups is 1. The van der Waals surface area contributed by atoms with Gasteiger partial charge in [0.05, 0.1) is 33.5 Å². The van der Waals surface area contributed by atoms with Gasteiger partial charge in [-0.25, -0.2) is 9.50 Å². The molecule has 0 bridgehead atoms. The van der Waals surface area contributed by atoms with Crippen molar-refractivity contribution in [2.45, 2.75) is 31.7 Å². The van der Waals surface area contributed by atoms with Crippen molar-refractivity contribution in [3.05, 3.63) is 41.2 Å². The van der Waals surface area contributed by atoms with E-state index < -0.39 is 6.10 Å². The number of aliphatic hydroxyl groups excluding tert-OH is 1. The van der Waals surface area contributed by atoms with Crippen LogP contribution in [0.1, 0.15) is 17.0 Å². The lowest BCUT2D eigenvalue weighted by atomic mass is 10.2. The van der Waals surface area contributed by atoms with Gasteiger partial charge in [0.15, 0.2) is 11.5 Å². The Morgan fingerprint density at radius 2 is 1.89 bits per heavy atom. The van der Waals surface area contributed by atoms with Gasteiger partial charge in [-0.15, -0.1) is 5.10 Å². The molecule has 0 fully saturated rings. The number of methoxy groups -OCH3 is 2. The van der Waals surface area contributed by atoms with Crippen molar-refractivity contribution in [2.75, 3.05) is 26.6 Å². The molecular weight excluding hydrogens is 380 g/mol. The molecule has 0 saturated carbocycles. The number of hydrogen-bond acceptors (Lipinski definition) is 8. The third-order valence-corrected chi connectivity index (χ3v) is 5.01. The topological polar surface area (TPSA) is 91.0 Å². The molecule has 2 aromatic heterocycles. The molecule has 2 heterocycles. The smallest absolute Gasteiger partial charge is 0.253 e. The third kappa shape index (κ3) is 4.92. The first-order chi connectivity index (χ1) is 13.5. The molecular formula is C19H24N4O4S. The van der Waals surface area contributed by atoms with Crippen LogP contribution in [0.2, 0.25) is 0 Å². The van der Waals surface area contributed by atoms with E-state index in [-0.39, 0.29) is 6.61 Å². The van der Waals surface area contributed by atoms with Crippen LogP contribution in [-0.2, 0) is 11.3 Å². The molecule has 9 heteroatoms. The molecule has 1 atom stereocenters. The summed E-state index contributed by atoms with van der Waals surface area (Å²) >= 11 is 1.38. The molecule has 3 aromatic rings. The third-order valence-electron chi connectivity index (χ3n) is 4.03. The van der Waals surface area contributed by atoms with Gasteiger partial charge in [0, 0.05) is 17.1 Å². The molecule has 0 spiro atoms. The van der Waals surface area contributed by atoms with E-state index in [0.29, 0.717) is 34.8 Å². The Bertz CT molecular complexity index is 947. The molecule has 0 aliphatic carbocycles. The Labute approximate surface area is 167 Å². The largest absolute Gasteiger partial charge is 0.493 e. The van der Waals surface area contributed by atoms with Crippen LogP contribution in [0, 0.1) is 13.8 Å². The van der Waals surface area contributed by atoms with Crippen LogP contribution in [-0.4, -0.2) is 57.4 Å². The van der Waals surface area contributed by atoms with Crippen LogP contribution in [0.25, 0.3) is 5.78 Å². The zero-order chi connectivity index (χ0) is 20.1. The number of fused-ring (bicyclic) bond motifs is 1. The second-order valence-corrected chi connectivity index (χ2v) is 7.30. The van der Waals surface area contributed by atoms with Gasteiger partial charge >= 0.3 is 0 Å². The van der Waals surface area contributed by atoms with Gasteiger partial charge in [0.25, 0.3) is 5.78 Å². The van der Waals surface area contributed by atoms with Crippen LogP contribution in [0.5, 0.6) is 11.5 Å². The monoisotopic (exact) mass is 404 g/mol. The van der Waals surface area contributed by atoms with E-state index in [1.165, 1.54) is 11.8 Å². The van der Waals surface area contributed by atoms with Crippen molar-refractivity contribution >= 4 is 17.5 Å². The van der Waals surface area contributed by atoms with Gasteiger partial charge in [0.1, 0.15) is 0 Å². The average Bonchev–Trinajstić information content (AvgIpc) is 3.09. The molecule has 0 aliphatic heterocycles. The van der Waals surface area contributed by atoms with Crippen molar-refractivity contribution < 1.29 is 19.3 Å². The highest BCUT2D eigenvalue weighted by atomic mass is 32.2. The summed E-state index contributed by atoms with van der Waals surface area (Å²) in [4.78, 5) is 8.76. The molecule has 8 nitrogen and oxygen atoms in total. The van der Waals surface area contributed by atoms with Gasteiger partial charge < -0.3 is 19.3 Å². The normalized spacial score (nSPS) is 12.3. The molecule has 1 unspecified atom stereocenters. The maximum Gasteiger partial charge on any atom is 0.253 e. The van der Waals surface area contributed by atoms with Gasteiger partial charge in [-0.3, -0.25) is 0 Å². The minimum atomic E-state index is -0.632. The maximum atomic E-state index is 10.2. The average molecular weight is 404 g/mol. The van der Waals surface area contributed by atoms with Crippen molar-refractivity contribution in [3.63, 3.8) is 0 Å². The summed E-state index contributed by atoms with van der Waals surface area (Å²) in [6, 6.07) is 7.54. The first-order valence-electron chi connectivity index (χ1n) is 8.80. The van der Waals surface area contributed by atoms with E-state index >= 15 is 0 Å². The Kier molecular flexibility index (Phi) is 6.71. The summed E-state index contributed by atoms with van der Waals surface area (Å²) < 4.78 is 17.8. The molecule has 1 N–H and O–H groups in total. The fraction of sp³-hybridized carbons (Fsp3) is 0.421. The lowest BCUT2D eigenvalue weighted by Gasteiger charge is -2.12. The summed E-state index contributed by atoms with van der Waals surface area (Å²) in [5.74, 6) is 2.32. The first-order valence-corrected chi connectivity index (χ1v) is 9.79. The van der Waals surface area contributed by atoms with Gasteiger partial charge in [-0.05, 0) is 37.6 Å². The Balaban J connectivity index is 1.48. The van der Waals surface area contributed by atoms with Crippen molar-refractivity contribution in [2.24, 2.45) is 0 Å². The standard InChI is InChI=1S/C19H24N4O4S/c1-12-7-13(2)23-18(20-12)21-19(22-23)28-11-15(24)10-27-9-14-5-6-16(25-3)17(8-14)26-4/h5-8,15,24H,9-11H2,1-4H3. The van der Waals surface area contributed by atoms with Crippen molar-refractivity contribution in [1.29, 1.82) is 0 Å². The number of aliphatic hydroxyl groups is 1. The van der Waals surface area contributed by atoms with Crippen LogP contribution in [0.3, 0.4) is 0 Å². The fourth-order valence-corrected chi connectivity index (χ4v) is 3.43. The van der Waals surface area contributed by atoms with Crippen LogP contribution >= 0.6 is 11.8 Å².